The van der Waals surface area contributed by atoms with E-state index in [4.69, 9.17) is 0 Å². The fourth-order valence-electron chi connectivity index (χ4n) is 2.11. The van der Waals surface area contributed by atoms with Gasteiger partial charge in [-0.2, -0.15) is 0 Å². The molecule has 20 heavy (non-hydrogen) atoms. The zero-order valence-corrected chi connectivity index (χ0v) is 11.3. The normalized spacial score (nSPS) is 14.0. The smallest absolute Gasteiger partial charge is 0.238 e. The molecule has 2 N–H and O–H groups in total. The Balaban J connectivity index is 1.59. The van der Waals surface area contributed by atoms with Crippen LogP contribution in [0.15, 0.2) is 54.6 Å². The molecule has 2 aromatic rings. The van der Waals surface area contributed by atoms with Gasteiger partial charge in [-0.15, -0.1) is 0 Å². The SMILES string of the molecule is O=C(CNC1CC1)Nc1ccc(-c2ccccc2)cc1. The first-order chi connectivity index (χ1) is 9.81. The summed E-state index contributed by atoms with van der Waals surface area (Å²) < 4.78 is 0. The van der Waals surface area contributed by atoms with Crippen LogP contribution in [0.25, 0.3) is 11.1 Å². The molecule has 0 aromatic heterocycles. The predicted molar refractivity (Wildman–Crippen MR) is 81.5 cm³/mol. The fourth-order valence-corrected chi connectivity index (χ4v) is 2.11. The van der Waals surface area contributed by atoms with E-state index in [0.717, 1.165) is 11.3 Å². The number of anilines is 1. The minimum atomic E-state index is 0.0179. The number of hydrogen-bond acceptors (Lipinski definition) is 2. The van der Waals surface area contributed by atoms with Crippen molar-refractivity contribution in [2.45, 2.75) is 18.9 Å². The summed E-state index contributed by atoms with van der Waals surface area (Å²) in [6, 6.07) is 18.7. The third-order valence-corrected chi connectivity index (χ3v) is 3.40. The third kappa shape index (κ3) is 3.45. The maximum Gasteiger partial charge on any atom is 0.238 e. The Morgan fingerprint density at radius 2 is 1.60 bits per heavy atom. The van der Waals surface area contributed by atoms with Gasteiger partial charge >= 0.3 is 0 Å². The van der Waals surface area contributed by atoms with Crippen LogP contribution < -0.4 is 10.6 Å². The first kappa shape index (κ1) is 12.9. The largest absolute Gasteiger partial charge is 0.325 e. The molecule has 102 valence electrons. The Kier molecular flexibility index (Phi) is 3.79. The molecule has 2 aromatic carbocycles. The number of carbonyl (C=O) groups is 1. The van der Waals surface area contributed by atoms with Crippen molar-refractivity contribution in [1.82, 2.24) is 5.32 Å². The molecule has 3 heteroatoms. The minimum Gasteiger partial charge on any atom is -0.325 e. The molecule has 0 radical (unpaired) electrons. The van der Waals surface area contributed by atoms with E-state index >= 15 is 0 Å². The molecule has 1 fully saturated rings. The monoisotopic (exact) mass is 266 g/mol. The second kappa shape index (κ2) is 5.88. The number of amides is 1. The first-order valence-electron chi connectivity index (χ1n) is 7.00. The highest BCUT2D eigenvalue weighted by atomic mass is 16.1. The standard InChI is InChI=1S/C17H18N2O/c20-17(12-18-15-10-11-15)19-16-8-6-14(7-9-16)13-4-2-1-3-5-13/h1-9,15,18H,10-12H2,(H,19,20). The summed E-state index contributed by atoms with van der Waals surface area (Å²) in [5.74, 6) is 0.0179. The van der Waals surface area contributed by atoms with Crippen LogP contribution in [0.4, 0.5) is 5.69 Å². The zero-order valence-electron chi connectivity index (χ0n) is 11.3. The molecular formula is C17H18N2O. The van der Waals surface area contributed by atoms with Crippen LogP contribution in [0, 0.1) is 0 Å². The van der Waals surface area contributed by atoms with Crippen LogP contribution in [0.1, 0.15) is 12.8 Å². The van der Waals surface area contributed by atoms with Crippen molar-refractivity contribution in [3.05, 3.63) is 54.6 Å². The van der Waals surface area contributed by atoms with E-state index in [9.17, 15) is 4.79 Å². The summed E-state index contributed by atoms with van der Waals surface area (Å²) >= 11 is 0. The van der Waals surface area contributed by atoms with Crippen molar-refractivity contribution < 1.29 is 4.79 Å². The van der Waals surface area contributed by atoms with Gasteiger partial charge in [0.2, 0.25) is 5.91 Å². The molecule has 0 spiro atoms. The van der Waals surface area contributed by atoms with Gasteiger partial charge in [0.25, 0.3) is 0 Å². The summed E-state index contributed by atoms with van der Waals surface area (Å²) in [6.07, 6.45) is 2.39. The lowest BCUT2D eigenvalue weighted by molar-refractivity contribution is -0.115. The van der Waals surface area contributed by atoms with Crippen LogP contribution in [0.2, 0.25) is 0 Å². The highest BCUT2D eigenvalue weighted by Crippen LogP contribution is 2.21. The maximum absolute atomic E-state index is 11.7. The lowest BCUT2D eigenvalue weighted by atomic mass is 10.1. The van der Waals surface area contributed by atoms with Crippen LogP contribution in [-0.2, 0) is 4.79 Å². The van der Waals surface area contributed by atoms with Gasteiger partial charge in [-0.3, -0.25) is 4.79 Å². The highest BCUT2D eigenvalue weighted by Gasteiger charge is 2.21. The van der Waals surface area contributed by atoms with Gasteiger partial charge in [-0.25, -0.2) is 0 Å². The molecule has 0 unspecified atom stereocenters. The van der Waals surface area contributed by atoms with Crippen molar-refractivity contribution in [1.29, 1.82) is 0 Å². The summed E-state index contributed by atoms with van der Waals surface area (Å²) in [5.41, 5.74) is 3.17. The van der Waals surface area contributed by atoms with Crippen molar-refractivity contribution in [2.24, 2.45) is 0 Å². The molecule has 1 saturated carbocycles. The molecule has 1 aliphatic rings. The summed E-state index contributed by atoms with van der Waals surface area (Å²) in [7, 11) is 0. The lowest BCUT2D eigenvalue weighted by Crippen LogP contribution is -2.29. The van der Waals surface area contributed by atoms with Crippen molar-refractivity contribution in [3.8, 4) is 11.1 Å². The molecule has 1 aliphatic carbocycles. The van der Waals surface area contributed by atoms with Crippen molar-refractivity contribution in [3.63, 3.8) is 0 Å². The third-order valence-electron chi connectivity index (χ3n) is 3.40. The van der Waals surface area contributed by atoms with E-state index in [-0.39, 0.29) is 5.91 Å². The number of nitrogens with one attached hydrogen (secondary N) is 2. The van der Waals surface area contributed by atoms with Crippen molar-refractivity contribution >= 4 is 11.6 Å². The number of hydrogen-bond donors (Lipinski definition) is 2. The topological polar surface area (TPSA) is 41.1 Å². The molecule has 0 atom stereocenters. The molecule has 0 heterocycles. The molecular weight excluding hydrogens is 248 g/mol. The predicted octanol–water partition coefficient (Wildman–Crippen LogP) is 3.04. The summed E-state index contributed by atoms with van der Waals surface area (Å²) in [4.78, 5) is 11.7. The summed E-state index contributed by atoms with van der Waals surface area (Å²) in [6.45, 7) is 0.394. The number of rotatable bonds is 5. The van der Waals surface area contributed by atoms with Gasteiger partial charge in [-0.05, 0) is 36.1 Å². The molecule has 0 bridgehead atoms. The van der Waals surface area contributed by atoms with Crippen LogP contribution in [-0.4, -0.2) is 18.5 Å². The van der Waals surface area contributed by atoms with Crippen molar-refractivity contribution in [2.75, 3.05) is 11.9 Å². The van der Waals surface area contributed by atoms with E-state index in [0.29, 0.717) is 12.6 Å². The Morgan fingerprint density at radius 1 is 0.950 bits per heavy atom. The Morgan fingerprint density at radius 3 is 2.25 bits per heavy atom. The average molecular weight is 266 g/mol. The van der Waals surface area contributed by atoms with Gasteiger partial charge in [0.15, 0.2) is 0 Å². The van der Waals surface area contributed by atoms with Gasteiger partial charge in [-0.1, -0.05) is 42.5 Å². The van der Waals surface area contributed by atoms with E-state index in [1.54, 1.807) is 0 Å². The van der Waals surface area contributed by atoms with Gasteiger partial charge in [0.1, 0.15) is 0 Å². The van der Waals surface area contributed by atoms with Gasteiger partial charge in [0.05, 0.1) is 6.54 Å². The van der Waals surface area contributed by atoms with Crippen LogP contribution in [0.5, 0.6) is 0 Å². The van der Waals surface area contributed by atoms with E-state index in [2.05, 4.69) is 22.8 Å². The second-order valence-corrected chi connectivity index (χ2v) is 5.15. The summed E-state index contributed by atoms with van der Waals surface area (Å²) in [5, 5.41) is 6.10. The maximum atomic E-state index is 11.7. The van der Waals surface area contributed by atoms with E-state index < -0.39 is 0 Å². The number of benzene rings is 2. The Hall–Kier alpha value is -2.13. The van der Waals surface area contributed by atoms with E-state index in [1.165, 1.54) is 18.4 Å². The molecule has 1 amide bonds. The number of carbonyl (C=O) groups excluding carboxylic acids is 1. The Labute approximate surface area is 119 Å². The van der Waals surface area contributed by atoms with E-state index in [1.807, 2.05) is 42.5 Å². The average Bonchev–Trinajstić information content (AvgIpc) is 3.31. The molecule has 0 aliphatic heterocycles. The second-order valence-electron chi connectivity index (χ2n) is 5.15. The Bertz CT molecular complexity index is 574. The fraction of sp³-hybridized carbons (Fsp3) is 0.235. The van der Waals surface area contributed by atoms with Crippen LogP contribution >= 0.6 is 0 Å². The van der Waals surface area contributed by atoms with Crippen LogP contribution in [0.3, 0.4) is 0 Å². The van der Waals surface area contributed by atoms with Gasteiger partial charge in [0, 0.05) is 11.7 Å². The zero-order chi connectivity index (χ0) is 13.8. The highest BCUT2D eigenvalue weighted by molar-refractivity contribution is 5.92. The van der Waals surface area contributed by atoms with Gasteiger partial charge < -0.3 is 10.6 Å². The minimum absolute atomic E-state index is 0.0179. The quantitative estimate of drug-likeness (QED) is 0.873. The molecule has 3 nitrogen and oxygen atoms in total. The molecule has 0 saturated heterocycles. The lowest BCUT2D eigenvalue weighted by Gasteiger charge is -2.07. The first-order valence-corrected chi connectivity index (χ1v) is 7.00. The molecule has 3 rings (SSSR count).